The van der Waals surface area contributed by atoms with Crippen LogP contribution < -0.4 is 8.61 Å². The third-order valence-electron chi connectivity index (χ3n) is 3.61. The molecule has 2 aromatic rings. The highest BCUT2D eigenvalue weighted by Crippen LogP contribution is 2.46. The molecule has 9 heteroatoms. The average Bonchev–Trinajstić information content (AvgIpc) is 2.78. The summed E-state index contributed by atoms with van der Waals surface area (Å²) in [7, 11) is -4.15. The molecule has 24 heavy (non-hydrogen) atoms. The van der Waals surface area contributed by atoms with Gasteiger partial charge < -0.3 is 0 Å². The molecule has 0 saturated heterocycles. The maximum absolute atomic E-state index is 14.2. The molecule has 0 N–H and O–H groups in total. The number of nitrogens with zero attached hydrogens (tertiary/aromatic N) is 2. The van der Waals surface area contributed by atoms with Crippen molar-refractivity contribution in [2.45, 2.75) is 6.42 Å². The average molecular weight is 421 g/mol. The molecule has 0 aliphatic carbocycles. The van der Waals surface area contributed by atoms with Crippen molar-refractivity contribution in [3.8, 4) is 0 Å². The van der Waals surface area contributed by atoms with Gasteiger partial charge >= 0.3 is 10.2 Å². The van der Waals surface area contributed by atoms with Crippen molar-refractivity contribution in [1.82, 2.24) is 0 Å². The van der Waals surface area contributed by atoms with Gasteiger partial charge in [-0.2, -0.15) is 8.42 Å². The van der Waals surface area contributed by atoms with E-state index in [2.05, 4.69) is 15.9 Å². The van der Waals surface area contributed by atoms with Crippen molar-refractivity contribution in [3.05, 3.63) is 53.8 Å². The molecule has 0 amide bonds. The van der Waals surface area contributed by atoms with E-state index in [4.69, 9.17) is 0 Å². The second-order valence-corrected chi connectivity index (χ2v) is 7.56. The zero-order valence-electron chi connectivity index (χ0n) is 12.2. The maximum atomic E-state index is 14.2. The van der Waals surface area contributed by atoms with Gasteiger partial charge in [0.2, 0.25) is 0 Å². The number of alkyl halides is 1. The molecular formula is C15H12BrF3N2O2S. The van der Waals surface area contributed by atoms with Crippen molar-refractivity contribution in [3.63, 3.8) is 0 Å². The first-order chi connectivity index (χ1) is 11.4. The molecular weight excluding hydrogens is 409 g/mol. The zero-order valence-corrected chi connectivity index (χ0v) is 14.6. The smallest absolute Gasteiger partial charge is 0.251 e. The number of fused-ring (bicyclic) bond motifs is 1. The highest BCUT2D eigenvalue weighted by atomic mass is 79.9. The SMILES string of the molecule is O=S1(=O)N(CCCBr)c2ccccc2N1c1ccc(F)c(F)c1F. The third kappa shape index (κ3) is 2.55. The fraction of sp³-hybridized carbons (Fsp3) is 0.200. The van der Waals surface area contributed by atoms with E-state index in [1.807, 2.05) is 0 Å². The Bertz CT molecular complexity index is 892. The van der Waals surface area contributed by atoms with Crippen molar-refractivity contribution in [2.75, 3.05) is 20.5 Å². The second kappa shape index (κ2) is 6.29. The summed E-state index contributed by atoms with van der Waals surface area (Å²) in [6.45, 7) is 0.173. The van der Waals surface area contributed by atoms with Crippen LogP contribution in [0.3, 0.4) is 0 Å². The van der Waals surface area contributed by atoms with Crippen LogP contribution in [-0.2, 0) is 10.2 Å². The monoisotopic (exact) mass is 420 g/mol. The Balaban J connectivity index is 2.20. The standard InChI is InChI=1S/C15H12BrF3N2O2S/c16-8-3-9-20-11-4-1-2-5-12(11)21(24(20,22)23)13-7-6-10(17)14(18)15(13)19/h1-2,4-7H,3,8-9H2. The van der Waals surface area contributed by atoms with Crippen LogP contribution in [0.2, 0.25) is 0 Å². The van der Waals surface area contributed by atoms with E-state index in [0.29, 0.717) is 27.8 Å². The van der Waals surface area contributed by atoms with E-state index in [1.54, 1.807) is 18.2 Å². The maximum Gasteiger partial charge on any atom is 0.331 e. The normalized spacial score (nSPS) is 15.7. The summed E-state index contributed by atoms with van der Waals surface area (Å²) in [6.07, 6.45) is 0.529. The highest BCUT2D eigenvalue weighted by molar-refractivity contribution is 9.09. The molecule has 0 atom stereocenters. The number of halogens is 4. The molecule has 1 aliphatic rings. The minimum absolute atomic E-state index is 0.173. The van der Waals surface area contributed by atoms with Crippen LogP contribution in [0.25, 0.3) is 0 Å². The van der Waals surface area contributed by atoms with E-state index >= 15 is 0 Å². The van der Waals surface area contributed by atoms with Gasteiger partial charge in [0.05, 0.1) is 17.1 Å². The van der Waals surface area contributed by atoms with Crippen LogP contribution in [0, 0.1) is 17.5 Å². The van der Waals surface area contributed by atoms with Gasteiger partial charge in [-0.25, -0.2) is 17.5 Å². The number of hydrogen-bond donors (Lipinski definition) is 0. The van der Waals surface area contributed by atoms with Gasteiger partial charge in [-0.15, -0.1) is 0 Å². The van der Waals surface area contributed by atoms with Crippen molar-refractivity contribution in [2.24, 2.45) is 0 Å². The lowest BCUT2D eigenvalue weighted by atomic mass is 10.2. The molecule has 128 valence electrons. The lowest BCUT2D eigenvalue weighted by molar-refractivity contribution is 0.448. The van der Waals surface area contributed by atoms with Gasteiger partial charge in [-0.3, -0.25) is 4.31 Å². The van der Waals surface area contributed by atoms with E-state index in [0.717, 1.165) is 10.4 Å². The molecule has 3 rings (SSSR count). The lowest BCUT2D eigenvalue weighted by Crippen LogP contribution is -2.36. The van der Waals surface area contributed by atoms with Crippen molar-refractivity contribution in [1.29, 1.82) is 0 Å². The van der Waals surface area contributed by atoms with E-state index in [-0.39, 0.29) is 12.2 Å². The molecule has 0 radical (unpaired) electrons. The summed E-state index contributed by atoms with van der Waals surface area (Å²) in [5, 5.41) is 0.584. The van der Waals surface area contributed by atoms with Gasteiger partial charge in [0, 0.05) is 11.9 Å². The summed E-state index contributed by atoms with van der Waals surface area (Å²) in [4.78, 5) is 0. The predicted octanol–water partition coefficient (Wildman–Crippen LogP) is 4.09. The van der Waals surface area contributed by atoms with Gasteiger partial charge in [0.1, 0.15) is 0 Å². The van der Waals surface area contributed by atoms with Gasteiger partial charge in [-0.05, 0) is 30.7 Å². The van der Waals surface area contributed by atoms with Crippen LogP contribution in [0.1, 0.15) is 6.42 Å². The quantitative estimate of drug-likeness (QED) is 0.551. The fourth-order valence-corrected chi connectivity index (χ4v) is 4.56. The third-order valence-corrected chi connectivity index (χ3v) is 5.96. The first kappa shape index (κ1) is 17.1. The number of rotatable bonds is 4. The molecule has 0 fully saturated rings. The van der Waals surface area contributed by atoms with Crippen molar-refractivity contribution >= 4 is 43.2 Å². The Hall–Kier alpha value is -1.74. The summed E-state index contributed by atoms with van der Waals surface area (Å²) in [5.41, 5.74) is 0.00209. The minimum atomic E-state index is -4.15. The van der Waals surface area contributed by atoms with Gasteiger partial charge in [0.25, 0.3) is 0 Å². The molecule has 1 heterocycles. The number of anilines is 3. The second-order valence-electron chi connectivity index (χ2n) is 5.07. The molecule has 0 bridgehead atoms. The van der Waals surface area contributed by atoms with Crippen LogP contribution in [0.4, 0.5) is 30.2 Å². The Kier molecular flexibility index (Phi) is 4.48. The van der Waals surface area contributed by atoms with E-state index < -0.39 is 33.3 Å². The Morgan fingerprint density at radius 1 is 0.917 bits per heavy atom. The van der Waals surface area contributed by atoms with Crippen LogP contribution in [-0.4, -0.2) is 20.3 Å². The molecule has 2 aromatic carbocycles. The van der Waals surface area contributed by atoms with Crippen molar-refractivity contribution < 1.29 is 21.6 Å². The number of benzene rings is 2. The molecule has 0 aromatic heterocycles. The predicted molar refractivity (Wildman–Crippen MR) is 89.6 cm³/mol. The fourth-order valence-electron chi connectivity index (χ4n) is 2.56. The summed E-state index contributed by atoms with van der Waals surface area (Å²) in [6, 6.07) is 7.93. The largest absolute Gasteiger partial charge is 0.331 e. The molecule has 0 saturated carbocycles. The first-order valence-electron chi connectivity index (χ1n) is 7.01. The highest BCUT2D eigenvalue weighted by Gasteiger charge is 2.42. The molecule has 0 spiro atoms. The van der Waals surface area contributed by atoms with E-state index in [9.17, 15) is 21.6 Å². The Morgan fingerprint density at radius 2 is 1.58 bits per heavy atom. The molecule has 0 unspecified atom stereocenters. The van der Waals surface area contributed by atoms with Crippen LogP contribution in [0.15, 0.2) is 36.4 Å². The Labute approximate surface area is 145 Å². The molecule has 4 nitrogen and oxygen atoms in total. The van der Waals surface area contributed by atoms with Gasteiger partial charge in [-0.1, -0.05) is 28.1 Å². The van der Waals surface area contributed by atoms with Gasteiger partial charge in [0.15, 0.2) is 17.5 Å². The van der Waals surface area contributed by atoms with Crippen LogP contribution >= 0.6 is 15.9 Å². The number of para-hydroxylation sites is 2. The number of hydrogen-bond acceptors (Lipinski definition) is 2. The summed E-state index contributed by atoms with van der Waals surface area (Å²) in [5.74, 6) is -4.63. The minimum Gasteiger partial charge on any atom is -0.251 e. The Morgan fingerprint density at radius 3 is 2.25 bits per heavy atom. The summed E-state index contributed by atoms with van der Waals surface area (Å²) < 4.78 is 68.5. The topological polar surface area (TPSA) is 40.6 Å². The molecule has 1 aliphatic heterocycles. The first-order valence-corrected chi connectivity index (χ1v) is 9.53. The summed E-state index contributed by atoms with van der Waals surface area (Å²) >= 11 is 3.24. The zero-order chi connectivity index (χ0) is 17.5. The van der Waals surface area contributed by atoms with E-state index in [1.165, 1.54) is 6.07 Å². The van der Waals surface area contributed by atoms with Crippen LogP contribution in [0.5, 0.6) is 0 Å². The lowest BCUT2D eigenvalue weighted by Gasteiger charge is -2.22.